The van der Waals surface area contributed by atoms with Crippen LogP contribution in [0.2, 0.25) is 0 Å². The number of benzene rings is 3. The Kier molecular flexibility index (Phi) is 4.51. The molecule has 0 spiro atoms. The summed E-state index contributed by atoms with van der Waals surface area (Å²) in [6, 6.07) is 24.8. The lowest BCUT2D eigenvalue weighted by Crippen LogP contribution is -1.97. The van der Waals surface area contributed by atoms with Crippen LogP contribution in [-0.4, -0.2) is 19.2 Å². The van der Waals surface area contributed by atoms with Gasteiger partial charge >= 0.3 is 0 Å². The van der Waals surface area contributed by atoms with Crippen molar-refractivity contribution in [1.29, 1.82) is 0 Å². The zero-order chi connectivity index (χ0) is 18.8. The smallest absolute Gasteiger partial charge is 0.161 e. The van der Waals surface area contributed by atoms with Crippen molar-refractivity contribution >= 4 is 10.8 Å². The number of pyridine rings is 1. The minimum absolute atomic E-state index is 0.696. The van der Waals surface area contributed by atoms with Crippen LogP contribution in [0, 0.1) is 6.92 Å². The summed E-state index contributed by atoms with van der Waals surface area (Å²) in [5.74, 6) is 1.40. The minimum Gasteiger partial charge on any atom is -0.493 e. The second kappa shape index (κ2) is 7.12. The molecule has 0 unspecified atom stereocenters. The summed E-state index contributed by atoms with van der Waals surface area (Å²) in [5, 5.41) is 2.36. The predicted octanol–water partition coefficient (Wildman–Crippen LogP) is 5.89. The number of aromatic nitrogens is 1. The van der Waals surface area contributed by atoms with Gasteiger partial charge in [0, 0.05) is 22.2 Å². The summed E-state index contributed by atoms with van der Waals surface area (Å²) in [7, 11) is 3.30. The molecule has 0 saturated heterocycles. The van der Waals surface area contributed by atoms with E-state index in [0.29, 0.717) is 11.5 Å². The standard InChI is InChI=1S/C24H21NO2/c1-16-19-11-7-8-12-20(19)23(17-9-5-4-6-10-17)24(25-16)18-13-14-21(26-2)22(15-18)27-3/h4-15H,1-3H3. The zero-order valence-electron chi connectivity index (χ0n) is 15.7. The van der Waals surface area contributed by atoms with Crippen LogP contribution in [0.15, 0.2) is 72.8 Å². The number of hydrogen-bond donors (Lipinski definition) is 0. The van der Waals surface area contributed by atoms with Gasteiger partial charge in [0.1, 0.15) is 0 Å². The summed E-state index contributed by atoms with van der Waals surface area (Å²) in [4.78, 5) is 4.98. The molecule has 4 aromatic rings. The lowest BCUT2D eigenvalue weighted by Gasteiger charge is -2.16. The molecule has 0 radical (unpaired) electrons. The SMILES string of the molecule is COc1ccc(-c2nc(C)c3ccccc3c2-c2ccccc2)cc1OC. The number of rotatable bonds is 4. The van der Waals surface area contributed by atoms with E-state index in [9.17, 15) is 0 Å². The molecule has 0 atom stereocenters. The van der Waals surface area contributed by atoms with Crippen LogP contribution in [0.3, 0.4) is 0 Å². The second-order valence-corrected chi connectivity index (χ2v) is 6.40. The van der Waals surface area contributed by atoms with E-state index in [1.807, 2.05) is 24.3 Å². The molecule has 4 rings (SSSR count). The summed E-state index contributed by atoms with van der Waals surface area (Å²) >= 11 is 0. The first kappa shape index (κ1) is 17.1. The van der Waals surface area contributed by atoms with Crippen molar-refractivity contribution in [3.63, 3.8) is 0 Å². The number of methoxy groups -OCH3 is 2. The lowest BCUT2D eigenvalue weighted by atomic mass is 9.93. The van der Waals surface area contributed by atoms with E-state index in [4.69, 9.17) is 14.5 Å². The average Bonchev–Trinajstić information content (AvgIpc) is 2.73. The Morgan fingerprint density at radius 2 is 1.33 bits per heavy atom. The van der Waals surface area contributed by atoms with Gasteiger partial charge in [0.15, 0.2) is 11.5 Å². The first-order valence-electron chi connectivity index (χ1n) is 8.90. The van der Waals surface area contributed by atoms with Gasteiger partial charge in [-0.15, -0.1) is 0 Å². The molecular weight excluding hydrogens is 334 g/mol. The molecule has 0 aliphatic carbocycles. The number of hydrogen-bond acceptors (Lipinski definition) is 3. The highest BCUT2D eigenvalue weighted by Crippen LogP contribution is 2.40. The molecule has 1 aromatic heterocycles. The van der Waals surface area contributed by atoms with E-state index in [1.165, 1.54) is 10.8 Å². The van der Waals surface area contributed by atoms with E-state index in [1.54, 1.807) is 14.2 Å². The maximum atomic E-state index is 5.51. The zero-order valence-corrected chi connectivity index (χ0v) is 15.7. The van der Waals surface area contributed by atoms with Crippen LogP contribution in [0.4, 0.5) is 0 Å². The monoisotopic (exact) mass is 355 g/mol. The molecule has 0 N–H and O–H groups in total. The summed E-state index contributed by atoms with van der Waals surface area (Å²) in [6.45, 7) is 2.06. The van der Waals surface area contributed by atoms with Crippen LogP contribution in [0.1, 0.15) is 5.69 Å². The fourth-order valence-electron chi connectivity index (χ4n) is 3.52. The summed E-state index contributed by atoms with van der Waals surface area (Å²) in [5.41, 5.74) is 5.23. The molecule has 0 amide bonds. The van der Waals surface area contributed by atoms with Crippen molar-refractivity contribution in [2.45, 2.75) is 6.92 Å². The molecule has 134 valence electrons. The minimum atomic E-state index is 0.696. The third-order valence-corrected chi connectivity index (χ3v) is 4.82. The fraction of sp³-hybridized carbons (Fsp3) is 0.125. The predicted molar refractivity (Wildman–Crippen MR) is 110 cm³/mol. The highest BCUT2D eigenvalue weighted by Gasteiger charge is 2.16. The largest absolute Gasteiger partial charge is 0.493 e. The number of nitrogens with zero attached hydrogens (tertiary/aromatic N) is 1. The highest BCUT2D eigenvalue weighted by molar-refractivity contribution is 6.03. The fourth-order valence-corrected chi connectivity index (χ4v) is 3.52. The van der Waals surface area contributed by atoms with Crippen molar-refractivity contribution < 1.29 is 9.47 Å². The van der Waals surface area contributed by atoms with Crippen LogP contribution in [0.5, 0.6) is 11.5 Å². The Labute approximate surface area is 159 Å². The van der Waals surface area contributed by atoms with Crippen molar-refractivity contribution in [2.24, 2.45) is 0 Å². The van der Waals surface area contributed by atoms with Gasteiger partial charge in [-0.3, -0.25) is 4.98 Å². The molecule has 0 fully saturated rings. The molecule has 0 bridgehead atoms. The van der Waals surface area contributed by atoms with Gasteiger partial charge in [0.2, 0.25) is 0 Å². The molecule has 3 heteroatoms. The topological polar surface area (TPSA) is 31.4 Å². The first-order chi connectivity index (χ1) is 13.2. The van der Waals surface area contributed by atoms with Crippen LogP contribution in [-0.2, 0) is 0 Å². The lowest BCUT2D eigenvalue weighted by molar-refractivity contribution is 0.355. The second-order valence-electron chi connectivity index (χ2n) is 6.40. The van der Waals surface area contributed by atoms with Crippen molar-refractivity contribution in [3.05, 3.63) is 78.5 Å². The Morgan fingerprint density at radius 3 is 2.04 bits per heavy atom. The van der Waals surface area contributed by atoms with Gasteiger partial charge < -0.3 is 9.47 Å². The van der Waals surface area contributed by atoms with E-state index in [2.05, 4.69) is 55.5 Å². The van der Waals surface area contributed by atoms with E-state index in [0.717, 1.165) is 28.1 Å². The highest BCUT2D eigenvalue weighted by atomic mass is 16.5. The number of aryl methyl sites for hydroxylation is 1. The van der Waals surface area contributed by atoms with Crippen molar-refractivity contribution in [1.82, 2.24) is 4.98 Å². The van der Waals surface area contributed by atoms with Crippen molar-refractivity contribution in [2.75, 3.05) is 14.2 Å². The van der Waals surface area contributed by atoms with Crippen LogP contribution in [0.25, 0.3) is 33.2 Å². The van der Waals surface area contributed by atoms with Gasteiger partial charge in [0.25, 0.3) is 0 Å². The molecule has 27 heavy (non-hydrogen) atoms. The van der Waals surface area contributed by atoms with Gasteiger partial charge in [-0.2, -0.15) is 0 Å². The van der Waals surface area contributed by atoms with E-state index in [-0.39, 0.29) is 0 Å². The third kappa shape index (κ3) is 3.02. The Balaban J connectivity index is 2.06. The third-order valence-electron chi connectivity index (χ3n) is 4.82. The molecule has 1 heterocycles. The van der Waals surface area contributed by atoms with E-state index >= 15 is 0 Å². The number of fused-ring (bicyclic) bond motifs is 1. The van der Waals surface area contributed by atoms with Gasteiger partial charge in [-0.25, -0.2) is 0 Å². The van der Waals surface area contributed by atoms with Crippen molar-refractivity contribution in [3.8, 4) is 33.9 Å². The van der Waals surface area contributed by atoms with Gasteiger partial charge in [0.05, 0.1) is 19.9 Å². The summed E-state index contributed by atoms with van der Waals surface area (Å²) in [6.07, 6.45) is 0. The van der Waals surface area contributed by atoms with Gasteiger partial charge in [-0.05, 0) is 36.1 Å². The average molecular weight is 355 g/mol. The van der Waals surface area contributed by atoms with Gasteiger partial charge in [-0.1, -0.05) is 54.6 Å². The molecule has 3 aromatic carbocycles. The normalized spacial score (nSPS) is 10.8. The Hall–Kier alpha value is -3.33. The Morgan fingerprint density at radius 1 is 0.667 bits per heavy atom. The summed E-state index contributed by atoms with van der Waals surface area (Å²) < 4.78 is 10.9. The molecule has 0 saturated carbocycles. The molecule has 3 nitrogen and oxygen atoms in total. The number of ether oxygens (including phenoxy) is 2. The van der Waals surface area contributed by atoms with Crippen LogP contribution < -0.4 is 9.47 Å². The molecule has 0 aliphatic heterocycles. The van der Waals surface area contributed by atoms with Crippen LogP contribution >= 0.6 is 0 Å². The first-order valence-corrected chi connectivity index (χ1v) is 8.90. The quantitative estimate of drug-likeness (QED) is 0.457. The molecular formula is C24H21NO2. The van der Waals surface area contributed by atoms with E-state index < -0.39 is 0 Å². The Bertz CT molecular complexity index is 1100. The molecule has 0 aliphatic rings. The maximum absolute atomic E-state index is 5.51. The maximum Gasteiger partial charge on any atom is 0.161 e.